The Kier molecular flexibility index (Phi) is 2.80. The Labute approximate surface area is 105 Å². The minimum atomic E-state index is 0.145. The van der Waals surface area contributed by atoms with Crippen LogP contribution in [0.2, 0.25) is 5.15 Å². The molecule has 3 rings (SSSR count). The summed E-state index contributed by atoms with van der Waals surface area (Å²) < 4.78 is 1.97. The number of hydrogen-bond acceptors (Lipinski definition) is 3. The van der Waals surface area contributed by atoms with Gasteiger partial charge in [-0.3, -0.25) is 4.79 Å². The SMILES string of the molecule is O=C(C1CCNC1)N1CCn2c(Cl)cnc2C1. The van der Waals surface area contributed by atoms with Gasteiger partial charge in [-0.2, -0.15) is 0 Å². The maximum atomic E-state index is 12.2. The number of nitrogens with one attached hydrogen (secondary N) is 1. The van der Waals surface area contributed by atoms with Crippen LogP contribution in [0.3, 0.4) is 0 Å². The molecule has 1 N–H and O–H groups in total. The summed E-state index contributed by atoms with van der Waals surface area (Å²) >= 11 is 6.00. The fraction of sp³-hybridized carbons (Fsp3) is 0.636. The van der Waals surface area contributed by atoms with Crippen LogP contribution in [0.15, 0.2) is 6.20 Å². The number of imidazole rings is 1. The van der Waals surface area contributed by atoms with E-state index in [0.717, 1.165) is 38.4 Å². The summed E-state index contributed by atoms with van der Waals surface area (Å²) in [6, 6.07) is 0. The van der Waals surface area contributed by atoms with Crippen molar-refractivity contribution in [2.24, 2.45) is 5.92 Å². The second-order valence-corrected chi connectivity index (χ2v) is 4.99. The highest BCUT2D eigenvalue weighted by Gasteiger charge is 2.30. The molecule has 2 aliphatic rings. The molecule has 1 aromatic rings. The Morgan fingerprint density at radius 2 is 2.41 bits per heavy atom. The van der Waals surface area contributed by atoms with Gasteiger partial charge in [0.15, 0.2) is 0 Å². The van der Waals surface area contributed by atoms with Gasteiger partial charge >= 0.3 is 0 Å². The molecule has 6 heteroatoms. The van der Waals surface area contributed by atoms with Gasteiger partial charge in [-0.1, -0.05) is 11.6 Å². The fourth-order valence-corrected chi connectivity index (χ4v) is 2.77. The quantitative estimate of drug-likeness (QED) is 0.794. The van der Waals surface area contributed by atoms with E-state index in [4.69, 9.17) is 11.6 Å². The first-order chi connectivity index (χ1) is 8.25. The zero-order chi connectivity index (χ0) is 11.8. The molecular formula is C11H15ClN4O. The molecule has 5 nitrogen and oxygen atoms in total. The summed E-state index contributed by atoms with van der Waals surface area (Å²) in [6.07, 6.45) is 2.60. The van der Waals surface area contributed by atoms with Crippen LogP contribution in [0.5, 0.6) is 0 Å². The number of rotatable bonds is 1. The number of halogens is 1. The number of nitrogens with zero attached hydrogens (tertiary/aromatic N) is 3. The summed E-state index contributed by atoms with van der Waals surface area (Å²) in [5, 5.41) is 3.89. The Morgan fingerprint density at radius 1 is 1.53 bits per heavy atom. The van der Waals surface area contributed by atoms with Crippen LogP contribution < -0.4 is 5.32 Å². The number of carbonyl (C=O) groups is 1. The zero-order valence-electron chi connectivity index (χ0n) is 9.53. The first kappa shape index (κ1) is 11.0. The summed E-state index contributed by atoms with van der Waals surface area (Å²) in [5.74, 6) is 1.29. The Hall–Kier alpha value is -1.07. The Morgan fingerprint density at radius 3 is 3.18 bits per heavy atom. The fourth-order valence-electron chi connectivity index (χ4n) is 2.53. The van der Waals surface area contributed by atoms with Crippen LogP contribution >= 0.6 is 11.6 Å². The minimum absolute atomic E-state index is 0.145. The molecule has 3 heterocycles. The summed E-state index contributed by atoms with van der Waals surface area (Å²) in [7, 11) is 0. The van der Waals surface area contributed by atoms with Gasteiger partial charge in [0.1, 0.15) is 11.0 Å². The van der Waals surface area contributed by atoms with Crippen molar-refractivity contribution in [1.29, 1.82) is 0 Å². The molecule has 0 radical (unpaired) electrons. The second kappa shape index (κ2) is 4.31. The second-order valence-electron chi connectivity index (χ2n) is 4.60. The van der Waals surface area contributed by atoms with Crippen LogP contribution in [0, 0.1) is 5.92 Å². The minimum Gasteiger partial charge on any atom is -0.333 e. The molecule has 0 spiro atoms. The molecule has 1 saturated heterocycles. The molecule has 17 heavy (non-hydrogen) atoms. The molecule has 0 bridgehead atoms. The van der Waals surface area contributed by atoms with E-state index in [-0.39, 0.29) is 11.8 Å². The van der Waals surface area contributed by atoms with Crippen molar-refractivity contribution in [3.8, 4) is 0 Å². The number of fused-ring (bicyclic) bond motifs is 1. The van der Waals surface area contributed by atoms with Crippen molar-refractivity contribution in [1.82, 2.24) is 19.8 Å². The van der Waals surface area contributed by atoms with Crippen molar-refractivity contribution in [3.63, 3.8) is 0 Å². The molecule has 92 valence electrons. The largest absolute Gasteiger partial charge is 0.333 e. The van der Waals surface area contributed by atoms with E-state index in [0.29, 0.717) is 11.7 Å². The number of carbonyl (C=O) groups excluding carboxylic acids is 1. The number of amides is 1. The lowest BCUT2D eigenvalue weighted by molar-refractivity contribution is -0.136. The van der Waals surface area contributed by atoms with Crippen LogP contribution in [-0.2, 0) is 17.9 Å². The van der Waals surface area contributed by atoms with Crippen molar-refractivity contribution < 1.29 is 4.79 Å². The number of aromatic nitrogens is 2. The highest BCUT2D eigenvalue weighted by Crippen LogP contribution is 2.20. The van der Waals surface area contributed by atoms with Crippen molar-refractivity contribution in [2.75, 3.05) is 19.6 Å². The third kappa shape index (κ3) is 1.93. The molecule has 1 unspecified atom stereocenters. The first-order valence-corrected chi connectivity index (χ1v) is 6.33. The molecule has 0 saturated carbocycles. The predicted octanol–water partition coefficient (Wildman–Crippen LogP) is 0.488. The topological polar surface area (TPSA) is 50.2 Å². The molecule has 1 fully saturated rings. The van der Waals surface area contributed by atoms with Gasteiger partial charge in [0.05, 0.1) is 18.7 Å². The Bertz CT molecular complexity index is 439. The molecular weight excluding hydrogens is 240 g/mol. The zero-order valence-corrected chi connectivity index (χ0v) is 10.3. The highest BCUT2D eigenvalue weighted by atomic mass is 35.5. The first-order valence-electron chi connectivity index (χ1n) is 5.95. The van der Waals surface area contributed by atoms with Crippen molar-refractivity contribution >= 4 is 17.5 Å². The van der Waals surface area contributed by atoms with Gasteiger partial charge in [-0.05, 0) is 13.0 Å². The van der Waals surface area contributed by atoms with E-state index in [1.807, 2.05) is 9.47 Å². The lowest BCUT2D eigenvalue weighted by Gasteiger charge is -2.29. The smallest absolute Gasteiger partial charge is 0.227 e. The third-order valence-corrected chi connectivity index (χ3v) is 3.84. The number of hydrogen-bond donors (Lipinski definition) is 1. The summed E-state index contributed by atoms with van der Waals surface area (Å²) in [6.45, 7) is 3.83. The Balaban J connectivity index is 1.73. The van der Waals surface area contributed by atoms with Gasteiger partial charge in [-0.15, -0.1) is 0 Å². The predicted molar refractivity (Wildman–Crippen MR) is 63.6 cm³/mol. The maximum absolute atomic E-state index is 12.2. The lowest BCUT2D eigenvalue weighted by atomic mass is 10.1. The van der Waals surface area contributed by atoms with E-state index < -0.39 is 0 Å². The van der Waals surface area contributed by atoms with Gasteiger partial charge < -0.3 is 14.8 Å². The van der Waals surface area contributed by atoms with E-state index >= 15 is 0 Å². The third-order valence-electron chi connectivity index (χ3n) is 3.54. The molecule has 2 aliphatic heterocycles. The molecule has 1 aromatic heterocycles. The summed E-state index contributed by atoms with van der Waals surface area (Å²) in [4.78, 5) is 18.4. The van der Waals surface area contributed by atoms with E-state index in [2.05, 4.69) is 10.3 Å². The molecule has 0 aromatic carbocycles. The molecule has 1 amide bonds. The van der Waals surface area contributed by atoms with Gasteiger partial charge in [-0.25, -0.2) is 4.98 Å². The average Bonchev–Trinajstić information content (AvgIpc) is 2.98. The van der Waals surface area contributed by atoms with Crippen LogP contribution in [0.25, 0.3) is 0 Å². The van der Waals surface area contributed by atoms with E-state index in [1.54, 1.807) is 6.20 Å². The average molecular weight is 255 g/mol. The van der Waals surface area contributed by atoms with Gasteiger partial charge in [0.25, 0.3) is 0 Å². The van der Waals surface area contributed by atoms with Gasteiger partial charge in [0.2, 0.25) is 5.91 Å². The normalized spacial score (nSPS) is 23.8. The maximum Gasteiger partial charge on any atom is 0.227 e. The van der Waals surface area contributed by atoms with E-state index in [1.165, 1.54) is 0 Å². The van der Waals surface area contributed by atoms with Crippen LogP contribution in [0.4, 0.5) is 0 Å². The molecule has 1 atom stereocenters. The van der Waals surface area contributed by atoms with Crippen molar-refractivity contribution in [3.05, 3.63) is 17.2 Å². The molecule has 0 aliphatic carbocycles. The highest BCUT2D eigenvalue weighted by molar-refractivity contribution is 6.29. The summed E-state index contributed by atoms with van der Waals surface area (Å²) in [5.41, 5.74) is 0. The van der Waals surface area contributed by atoms with Crippen molar-refractivity contribution in [2.45, 2.75) is 19.5 Å². The van der Waals surface area contributed by atoms with Gasteiger partial charge in [0, 0.05) is 19.6 Å². The van der Waals surface area contributed by atoms with Crippen LogP contribution in [0.1, 0.15) is 12.2 Å². The lowest BCUT2D eigenvalue weighted by Crippen LogP contribution is -2.42. The standard InChI is InChI=1S/C11H15ClN4O/c12-9-6-14-10-7-15(3-4-16(9)10)11(17)8-1-2-13-5-8/h6,8,13H,1-5,7H2. The van der Waals surface area contributed by atoms with Crippen LogP contribution in [-0.4, -0.2) is 40.0 Å². The monoisotopic (exact) mass is 254 g/mol. The van der Waals surface area contributed by atoms with E-state index in [9.17, 15) is 4.79 Å².